The number of aromatic nitrogens is 1. The van der Waals surface area contributed by atoms with Gasteiger partial charge in [-0.25, -0.2) is 4.98 Å². The third-order valence-electron chi connectivity index (χ3n) is 6.16. The lowest BCUT2D eigenvalue weighted by Gasteiger charge is -2.21. The van der Waals surface area contributed by atoms with Gasteiger partial charge in [-0.15, -0.1) is 11.3 Å². The summed E-state index contributed by atoms with van der Waals surface area (Å²) in [5.41, 5.74) is 2.36. The summed E-state index contributed by atoms with van der Waals surface area (Å²) in [4.78, 5) is 44.2. The van der Waals surface area contributed by atoms with Crippen LogP contribution in [0.5, 0.6) is 5.75 Å². The number of amides is 3. The maximum Gasteiger partial charge on any atom is 0.254 e. The molecule has 0 aliphatic heterocycles. The topological polar surface area (TPSA) is 101 Å². The highest BCUT2D eigenvalue weighted by Crippen LogP contribution is 2.28. The molecule has 1 atom stereocenters. The first-order valence-corrected chi connectivity index (χ1v) is 13.3. The van der Waals surface area contributed by atoms with E-state index in [1.165, 1.54) is 16.9 Å². The Hall–Kier alpha value is -3.72. The molecule has 0 unspecified atom stereocenters. The zero-order chi connectivity index (χ0) is 26.2. The Labute approximate surface area is 221 Å². The van der Waals surface area contributed by atoms with E-state index >= 15 is 0 Å². The van der Waals surface area contributed by atoms with Gasteiger partial charge >= 0.3 is 0 Å². The molecule has 37 heavy (non-hydrogen) atoms. The Kier molecular flexibility index (Phi) is 8.90. The van der Waals surface area contributed by atoms with E-state index in [-0.39, 0.29) is 42.8 Å². The summed E-state index contributed by atoms with van der Waals surface area (Å²) in [6.07, 6.45) is 3.66. The number of nitrogens with zero attached hydrogens (tertiary/aromatic N) is 2. The second-order valence-electron chi connectivity index (χ2n) is 9.25. The molecule has 2 N–H and O–H groups in total. The Morgan fingerprint density at radius 1 is 1.08 bits per heavy atom. The average molecular weight is 521 g/mol. The van der Waals surface area contributed by atoms with E-state index in [0.717, 1.165) is 25.7 Å². The molecule has 1 saturated carbocycles. The third kappa shape index (κ3) is 7.88. The molecule has 1 heterocycles. The normalized spacial score (nSPS) is 13.5. The molecule has 0 saturated heterocycles. The van der Waals surface area contributed by atoms with Crippen LogP contribution in [0.25, 0.3) is 0 Å². The zero-order valence-corrected chi connectivity index (χ0v) is 21.9. The van der Waals surface area contributed by atoms with Gasteiger partial charge in [0, 0.05) is 23.0 Å². The van der Waals surface area contributed by atoms with Crippen LogP contribution >= 0.6 is 11.3 Å². The van der Waals surface area contributed by atoms with E-state index in [2.05, 4.69) is 27.8 Å². The molecule has 0 bridgehead atoms. The van der Waals surface area contributed by atoms with Gasteiger partial charge in [-0.1, -0.05) is 30.3 Å². The number of aryl methyl sites for hydroxylation is 1. The lowest BCUT2D eigenvalue weighted by Crippen LogP contribution is -2.39. The van der Waals surface area contributed by atoms with Crippen LogP contribution in [-0.2, 0) is 22.4 Å². The van der Waals surface area contributed by atoms with E-state index in [4.69, 9.17) is 4.74 Å². The third-order valence-corrected chi connectivity index (χ3v) is 6.96. The highest BCUT2D eigenvalue weighted by Gasteiger charge is 2.34. The molecule has 3 amide bonds. The lowest BCUT2D eigenvalue weighted by atomic mass is 10.1. The van der Waals surface area contributed by atoms with E-state index < -0.39 is 0 Å². The average Bonchev–Trinajstić information content (AvgIpc) is 3.66. The summed E-state index contributed by atoms with van der Waals surface area (Å²) in [5.74, 6) is 0.0720. The molecule has 1 aromatic heterocycles. The molecular formula is C28H32N4O4S. The van der Waals surface area contributed by atoms with Crippen molar-refractivity contribution in [1.29, 1.82) is 0 Å². The Bertz CT molecular complexity index is 1210. The van der Waals surface area contributed by atoms with Gasteiger partial charge in [0.2, 0.25) is 11.8 Å². The number of thiazole rings is 1. The minimum atomic E-state index is -0.311. The van der Waals surface area contributed by atoms with Crippen LogP contribution in [0.3, 0.4) is 0 Å². The second-order valence-corrected chi connectivity index (χ2v) is 10.1. The van der Waals surface area contributed by atoms with Crippen molar-refractivity contribution in [3.63, 3.8) is 0 Å². The smallest absolute Gasteiger partial charge is 0.254 e. The molecule has 2 aromatic carbocycles. The highest BCUT2D eigenvalue weighted by atomic mass is 32.1. The fourth-order valence-corrected chi connectivity index (χ4v) is 4.73. The standard InChI is InChI=1S/C28H32N4O4S/c1-19(8-9-20-6-4-3-5-7-20)29-25(33)16-22-18-37-28(30-22)31-26(34)17-32(23-12-13-23)27(35)21-10-14-24(36-2)15-11-21/h3-7,10-11,14-15,18-19,23H,8-9,12-13,16-17H2,1-2H3,(H,29,33)(H,30,31,34)/t19-/m1/s1. The molecule has 8 nitrogen and oxygen atoms in total. The molecule has 1 aliphatic carbocycles. The molecule has 194 valence electrons. The zero-order valence-electron chi connectivity index (χ0n) is 21.1. The molecule has 0 radical (unpaired) electrons. The van der Waals surface area contributed by atoms with Gasteiger partial charge in [-0.3, -0.25) is 14.4 Å². The summed E-state index contributed by atoms with van der Waals surface area (Å²) in [7, 11) is 1.57. The summed E-state index contributed by atoms with van der Waals surface area (Å²) in [6.45, 7) is 1.94. The van der Waals surface area contributed by atoms with Gasteiger partial charge in [0.15, 0.2) is 5.13 Å². The van der Waals surface area contributed by atoms with Gasteiger partial charge in [0.05, 0.1) is 19.2 Å². The van der Waals surface area contributed by atoms with E-state index in [1.807, 2.05) is 25.1 Å². The predicted molar refractivity (Wildman–Crippen MR) is 144 cm³/mol. The van der Waals surface area contributed by atoms with E-state index in [1.54, 1.807) is 41.7 Å². The number of hydrogen-bond donors (Lipinski definition) is 2. The first kappa shape index (κ1) is 26.3. The van der Waals surface area contributed by atoms with Crippen LogP contribution in [0.2, 0.25) is 0 Å². The number of rotatable bonds is 12. The molecule has 1 aliphatic rings. The predicted octanol–water partition coefficient (Wildman–Crippen LogP) is 4.08. The van der Waals surface area contributed by atoms with Crippen LogP contribution in [0, 0.1) is 0 Å². The number of hydrogen-bond acceptors (Lipinski definition) is 6. The van der Waals surface area contributed by atoms with Gasteiger partial charge in [-0.2, -0.15) is 0 Å². The number of ether oxygens (including phenoxy) is 1. The number of methoxy groups -OCH3 is 1. The highest BCUT2D eigenvalue weighted by molar-refractivity contribution is 7.13. The Balaban J connectivity index is 1.24. The fourth-order valence-electron chi connectivity index (χ4n) is 4.00. The van der Waals surface area contributed by atoms with Gasteiger partial charge in [0.1, 0.15) is 12.3 Å². The van der Waals surface area contributed by atoms with Crippen LogP contribution in [0.4, 0.5) is 5.13 Å². The van der Waals surface area contributed by atoms with Gasteiger partial charge < -0.3 is 20.3 Å². The fraction of sp³-hybridized carbons (Fsp3) is 0.357. The monoisotopic (exact) mass is 520 g/mol. The molecule has 4 rings (SSSR count). The number of nitrogens with one attached hydrogen (secondary N) is 2. The van der Waals surface area contributed by atoms with Crippen molar-refractivity contribution in [3.05, 3.63) is 76.8 Å². The quantitative estimate of drug-likeness (QED) is 0.375. The molecule has 0 spiro atoms. The van der Waals surface area contributed by atoms with E-state index in [9.17, 15) is 14.4 Å². The number of carbonyl (C=O) groups excluding carboxylic acids is 3. The number of anilines is 1. The maximum absolute atomic E-state index is 13.0. The molecule has 3 aromatic rings. The van der Waals surface area contributed by atoms with Crippen LogP contribution in [0.15, 0.2) is 60.0 Å². The Morgan fingerprint density at radius 2 is 1.81 bits per heavy atom. The lowest BCUT2D eigenvalue weighted by molar-refractivity contribution is -0.121. The molecular weight excluding hydrogens is 488 g/mol. The first-order valence-electron chi connectivity index (χ1n) is 12.4. The maximum atomic E-state index is 13.0. The van der Waals surface area contributed by atoms with Crippen LogP contribution in [-0.4, -0.2) is 53.3 Å². The first-order chi connectivity index (χ1) is 17.9. The van der Waals surface area contributed by atoms with Crippen molar-refractivity contribution in [3.8, 4) is 5.75 Å². The van der Waals surface area contributed by atoms with Crippen molar-refractivity contribution in [1.82, 2.24) is 15.2 Å². The van der Waals surface area contributed by atoms with Crippen LogP contribution < -0.4 is 15.4 Å². The Morgan fingerprint density at radius 3 is 2.49 bits per heavy atom. The molecule has 1 fully saturated rings. The summed E-state index contributed by atoms with van der Waals surface area (Å²) < 4.78 is 5.15. The number of benzene rings is 2. The van der Waals surface area contributed by atoms with Gasteiger partial charge in [0.25, 0.3) is 5.91 Å². The minimum absolute atomic E-state index is 0.0437. The summed E-state index contributed by atoms with van der Waals surface area (Å²) in [6, 6.07) is 17.2. The SMILES string of the molecule is COc1ccc(C(=O)N(CC(=O)Nc2nc(CC(=O)N[C@H](C)CCc3ccccc3)cs2)C2CC2)cc1. The van der Waals surface area contributed by atoms with Crippen LogP contribution in [0.1, 0.15) is 47.8 Å². The van der Waals surface area contributed by atoms with E-state index in [0.29, 0.717) is 22.1 Å². The minimum Gasteiger partial charge on any atom is -0.497 e. The number of carbonyl (C=O) groups is 3. The van der Waals surface area contributed by atoms with Crippen molar-refractivity contribution < 1.29 is 19.1 Å². The van der Waals surface area contributed by atoms with Crippen molar-refractivity contribution in [2.24, 2.45) is 0 Å². The van der Waals surface area contributed by atoms with Crippen molar-refractivity contribution >= 4 is 34.2 Å². The molecule has 9 heteroatoms. The summed E-state index contributed by atoms with van der Waals surface area (Å²) in [5, 5.41) is 7.97. The second kappa shape index (κ2) is 12.5. The van der Waals surface area contributed by atoms with Crippen molar-refractivity contribution in [2.45, 2.75) is 51.1 Å². The largest absolute Gasteiger partial charge is 0.497 e. The van der Waals surface area contributed by atoms with Gasteiger partial charge in [-0.05, 0) is 62.4 Å². The summed E-state index contributed by atoms with van der Waals surface area (Å²) >= 11 is 1.27. The van der Waals surface area contributed by atoms with Crippen molar-refractivity contribution in [2.75, 3.05) is 19.0 Å².